The first-order chi connectivity index (χ1) is 19.9. The fourth-order valence-electron chi connectivity index (χ4n) is 9.84. The highest BCUT2D eigenvalue weighted by atomic mass is 16.7. The number of esters is 1. The summed E-state index contributed by atoms with van der Waals surface area (Å²) in [6, 6.07) is 2.42. The third kappa shape index (κ3) is 5.99. The smallest absolute Gasteiger partial charge is 0.333 e. The Balaban J connectivity index is 1.15. The van der Waals surface area contributed by atoms with Crippen molar-refractivity contribution in [1.29, 1.82) is 0 Å². The third-order valence-electron chi connectivity index (χ3n) is 12.1. The van der Waals surface area contributed by atoms with Crippen molar-refractivity contribution in [3.63, 3.8) is 0 Å². The van der Waals surface area contributed by atoms with Crippen molar-refractivity contribution in [1.82, 2.24) is 4.73 Å². The van der Waals surface area contributed by atoms with Gasteiger partial charge in [-0.2, -0.15) is 0 Å². The van der Waals surface area contributed by atoms with Crippen LogP contribution in [-0.2, 0) is 14.3 Å². The van der Waals surface area contributed by atoms with Gasteiger partial charge in [0, 0.05) is 18.6 Å². The summed E-state index contributed by atoms with van der Waals surface area (Å²) in [5, 5.41) is 19.2. The second kappa shape index (κ2) is 12.3. The van der Waals surface area contributed by atoms with E-state index >= 15 is 0 Å². The van der Waals surface area contributed by atoms with Crippen molar-refractivity contribution >= 4 is 11.9 Å². The van der Waals surface area contributed by atoms with E-state index in [1.54, 1.807) is 0 Å². The van der Waals surface area contributed by atoms with Gasteiger partial charge in [-0.1, -0.05) is 65.5 Å². The molecule has 0 bridgehead atoms. The van der Waals surface area contributed by atoms with E-state index in [9.17, 15) is 19.8 Å². The van der Waals surface area contributed by atoms with Crippen LogP contribution in [0.3, 0.4) is 0 Å². The summed E-state index contributed by atoms with van der Waals surface area (Å²) in [5.74, 6) is 2.88. The number of carbonyl (C=O) groups excluding carboxylic acids is 2. The van der Waals surface area contributed by atoms with E-state index in [2.05, 4.69) is 40.7 Å². The second-order valence-corrected chi connectivity index (χ2v) is 15.0. The van der Waals surface area contributed by atoms with Gasteiger partial charge in [0.25, 0.3) is 0 Å². The number of hydrogen-bond acceptors (Lipinski definition) is 6. The van der Waals surface area contributed by atoms with E-state index in [1.165, 1.54) is 62.7 Å². The van der Waals surface area contributed by atoms with Crippen LogP contribution in [0.4, 0.5) is 0 Å². The van der Waals surface area contributed by atoms with Gasteiger partial charge in [-0.05, 0) is 91.3 Å². The molecule has 0 amide bonds. The topological polar surface area (TPSA) is 98.0 Å². The molecule has 7 heteroatoms. The summed E-state index contributed by atoms with van der Waals surface area (Å²) in [4.78, 5) is 29.7. The minimum Gasteiger partial charge on any atom is -0.492 e. The van der Waals surface area contributed by atoms with Gasteiger partial charge in [-0.25, -0.2) is 4.79 Å². The predicted octanol–water partition coefficient (Wildman–Crippen LogP) is 7.59. The van der Waals surface area contributed by atoms with Crippen molar-refractivity contribution in [2.24, 2.45) is 46.3 Å². The highest BCUT2D eigenvalue weighted by Gasteiger charge is 2.59. The molecule has 8 atom stereocenters. The van der Waals surface area contributed by atoms with Crippen LogP contribution in [-0.4, -0.2) is 33.0 Å². The molecule has 42 heavy (non-hydrogen) atoms. The molecular formula is C35H53NO6. The molecule has 1 aromatic heterocycles. The van der Waals surface area contributed by atoms with Crippen LogP contribution in [0.2, 0.25) is 0 Å². The van der Waals surface area contributed by atoms with E-state index in [0.717, 1.165) is 61.2 Å². The molecule has 0 saturated heterocycles. The monoisotopic (exact) mass is 583 g/mol. The molecule has 234 valence electrons. The van der Waals surface area contributed by atoms with Gasteiger partial charge in [0.05, 0.1) is 12.8 Å². The van der Waals surface area contributed by atoms with E-state index in [-0.39, 0.29) is 24.4 Å². The zero-order chi connectivity index (χ0) is 30.2. The van der Waals surface area contributed by atoms with E-state index in [4.69, 9.17) is 9.57 Å². The Hall–Kier alpha value is -2.44. The van der Waals surface area contributed by atoms with Crippen LogP contribution in [0.1, 0.15) is 118 Å². The summed E-state index contributed by atoms with van der Waals surface area (Å²) in [6.45, 7) is 12.3. The lowest BCUT2D eigenvalue weighted by Crippen LogP contribution is -2.51. The highest BCUT2D eigenvalue weighted by molar-refractivity contribution is 5.78. The molecule has 4 aliphatic rings. The maximum absolute atomic E-state index is 12.6. The largest absolute Gasteiger partial charge is 0.492 e. The van der Waals surface area contributed by atoms with Crippen molar-refractivity contribution < 1.29 is 29.4 Å². The van der Waals surface area contributed by atoms with Gasteiger partial charge >= 0.3 is 11.9 Å². The molecule has 1 aromatic rings. The number of aromatic nitrogens is 1. The second-order valence-electron chi connectivity index (χ2n) is 15.0. The van der Waals surface area contributed by atoms with E-state index in [1.807, 2.05) is 0 Å². The number of carbonyl (C=O) groups is 2. The normalized spacial score (nSPS) is 34.6. The Morgan fingerprint density at radius 2 is 1.67 bits per heavy atom. The van der Waals surface area contributed by atoms with Gasteiger partial charge in [-0.3, -0.25) is 4.79 Å². The summed E-state index contributed by atoms with van der Waals surface area (Å²) >= 11 is 0. The predicted molar refractivity (Wildman–Crippen MR) is 162 cm³/mol. The van der Waals surface area contributed by atoms with Crippen LogP contribution in [0.5, 0.6) is 11.8 Å². The Kier molecular flexibility index (Phi) is 9.06. The molecule has 0 aliphatic heterocycles. The third-order valence-corrected chi connectivity index (χ3v) is 12.1. The van der Waals surface area contributed by atoms with Crippen LogP contribution in [0.15, 0.2) is 23.8 Å². The van der Waals surface area contributed by atoms with E-state index < -0.39 is 23.7 Å². The SMILES string of the molecule is CC(C)CCC[C@@H](C)[C@H]1CCC2C3CC=C4CC(OC(=O)CCC(=O)On5c(O)ccc5O)CC[C@]4(C)C3CC[C@@]21C. The van der Waals surface area contributed by atoms with Crippen molar-refractivity contribution in [3.8, 4) is 11.8 Å². The fraction of sp³-hybridized carbons (Fsp3) is 0.771. The number of aromatic hydroxyl groups is 2. The quantitative estimate of drug-likeness (QED) is 0.218. The molecule has 5 rings (SSSR count). The maximum atomic E-state index is 12.6. The molecule has 1 heterocycles. The standard InChI is InChI=1S/C35H53NO6/c1-22(2)7-6-8-23(3)27-11-12-28-26-10-9-24-21-25(17-19-34(24,4)29(26)18-20-35(27,28)5)41-32(39)15-16-33(40)42-36-30(37)13-14-31(36)38/h9,13-14,22-23,25-29,37-38H,6-8,10-12,15-21H2,1-5H3/t23-,25?,26?,27-,28?,29?,34+,35-/m1/s1. The molecule has 4 aliphatic carbocycles. The lowest BCUT2D eigenvalue weighted by atomic mass is 9.47. The fourth-order valence-corrected chi connectivity index (χ4v) is 9.84. The lowest BCUT2D eigenvalue weighted by molar-refractivity contribution is -0.155. The van der Waals surface area contributed by atoms with Gasteiger partial charge in [0.15, 0.2) is 0 Å². The van der Waals surface area contributed by atoms with Crippen LogP contribution >= 0.6 is 0 Å². The molecule has 3 saturated carbocycles. The number of allylic oxidation sites excluding steroid dienone is 1. The minimum absolute atomic E-state index is 0.101. The molecule has 2 N–H and O–H groups in total. The Labute approximate surface area is 252 Å². The molecule has 4 unspecified atom stereocenters. The van der Waals surface area contributed by atoms with Crippen molar-refractivity contribution in [2.45, 2.75) is 124 Å². The highest BCUT2D eigenvalue weighted by Crippen LogP contribution is 2.67. The first-order valence-electron chi connectivity index (χ1n) is 16.6. The zero-order valence-electron chi connectivity index (χ0n) is 26.4. The average Bonchev–Trinajstić information content (AvgIpc) is 3.45. The molecule has 7 nitrogen and oxygen atoms in total. The van der Waals surface area contributed by atoms with Crippen LogP contribution < -0.4 is 4.84 Å². The molecule has 0 radical (unpaired) electrons. The van der Waals surface area contributed by atoms with Gasteiger partial charge in [0.2, 0.25) is 11.8 Å². The number of rotatable bonds is 10. The number of nitrogens with zero attached hydrogens (tertiary/aromatic N) is 1. The van der Waals surface area contributed by atoms with Gasteiger partial charge in [-0.15, -0.1) is 4.73 Å². The zero-order valence-corrected chi connectivity index (χ0v) is 26.4. The summed E-state index contributed by atoms with van der Waals surface area (Å²) in [5.41, 5.74) is 2.15. The van der Waals surface area contributed by atoms with E-state index in [0.29, 0.717) is 10.1 Å². The summed E-state index contributed by atoms with van der Waals surface area (Å²) < 4.78 is 6.47. The lowest BCUT2D eigenvalue weighted by Gasteiger charge is -2.58. The summed E-state index contributed by atoms with van der Waals surface area (Å²) in [7, 11) is 0. The van der Waals surface area contributed by atoms with Crippen molar-refractivity contribution in [2.75, 3.05) is 0 Å². The Morgan fingerprint density at radius 3 is 2.38 bits per heavy atom. The average molecular weight is 584 g/mol. The molecule has 0 aromatic carbocycles. The number of fused-ring (bicyclic) bond motifs is 5. The first-order valence-corrected chi connectivity index (χ1v) is 16.6. The Bertz CT molecular complexity index is 1150. The minimum atomic E-state index is -0.727. The van der Waals surface area contributed by atoms with Crippen LogP contribution in [0.25, 0.3) is 0 Å². The van der Waals surface area contributed by atoms with Crippen LogP contribution in [0, 0.1) is 46.3 Å². The number of hydrogen-bond donors (Lipinski definition) is 2. The molecular weight excluding hydrogens is 530 g/mol. The Morgan fingerprint density at radius 1 is 0.952 bits per heavy atom. The van der Waals surface area contributed by atoms with Gasteiger partial charge in [0.1, 0.15) is 6.10 Å². The maximum Gasteiger partial charge on any atom is 0.333 e. The summed E-state index contributed by atoms with van der Waals surface area (Å²) in [6.07, 6.45) is 15.5. The van der Waals surface area contributed by atoms with Gasteiger partial charge < -0.3 is 19.8 Å². The number of ether oxygens (including phenoxy) is 1. The van der Waals surface area contributed by atoms with Crippen molar-refractivity contribution in [3.05, 3.63) is 23.8 Å². The first kappa shape index (κ1) is 31.0. The molecule has 3 fully saturated rings. The molecule has 0 spiro atoms.